The summed E-state index contributed by atoms with van der Waals surface area (Å²) in [6.45, 7) is 0. The van der Waals surface area contributed by atoms with Crippen LogP contribution in [0.15, 0.2) is 186 Å². The predicted octanol–water partition coefficient (Wildman–Crippen LogP) is 13.0. The van der Waals surface area contributed by atoms with Crippen LogP contribution in [0.1, 0.15) is 0 Å². The molecule has 0 atom stereocenters. The van der Waals surface area contributed by atoms with Gasteiger partial charge in [-0.15, -0.1) is 0 Å². The van der Waals surface area contributed by atoms with E-state index in [0.29, 0.717) is 0 Å². The Kier molecular flexibility index (Phi) is 6.18. The fourth-order valence-corrected chi connectivity index (χ4v) is 7.57. The summed E-state index contributed by atoms with van der Waals surface area (Å²) in [6, 6.07) is 65.0. The Labute approximate surface area is 283 Å². The highest BCUT2D eigenvalue weighted by atomic mass is 16.3. The van der Waals surface area contributed by atoms with E-state index in [1.165, 1.54) is 49.1 Å². The van der Waals surface area contributed by atoms with Gasteiger partial charge in [0.2, 0.25) is 0 Å². The van der Waals surface area contributed by atoms with Gasteiger partial charge in [-0.25, -0.2) is 0 Å². The number of rotatable bonds is 5. The van der Waals surface area contributed by atoms with Crippen LogP contribution >= 0.6 is 0 Å². The molecule has 0 aliphatic heterocycles. The van der Waals surface area contributed by atoms with Gasteiger partial charge in [0.05, 0.1) is 16.7 Å². The number of para-hydroxylation sites is 4. The SMILES string of the molecule is c1ccc(N(c2ccc(-c3ccc4ccc5oc6ccccc6c5c4c3)cc2)c2cccc3c2c2ccccc2n3-c2ccccc2)cc1. The fraction of sp³-hybridized carbons (Fsp3) is 0. The van der Waals surface area contributed by atoms with Gasteiger partial charge in [0.1, 0.15) is 11.2 Å². The van der Waals surface area contributed by atoms with Gasteiger partial charge in [0, 0.05) is 38.6 Å². The molecule has 0 amide bonds. The molecule has 0 unspecified atom stereocenters. The maximum absolute atomic E-state index is 6.21. The molecule has 230 valence electrons. The Hall–Kier alpha value is -6.58. The predicted molar refractivity (Wildman–Crippen MR) is 206 cm³/mol. The highest BCUT2D eigenvalue weighted by molar-refractivity contribution is 6.19. The largest absolute Gasteiger partial charge is 0.456 e. The first-order valence-corrected chi connectivity index (χ1v) is 16.7. The number of benzene rings is 8. The average molecular weight is 627 g/mol. The lowest BCUT2D eigenvalue weighted by molar-refractivity contribution is 0.669. The van der Waals surface area contributed by atoms with Crippen LogP contribution in [0.4, 0.5) is 17.1 Å². The van der Waals surface area contributed by atoms with E-state index in [1.54, 1.807) is 0 Å². The number of anilines is 3. The normalized spacial score (nSPS) is 11.7. The Morgan fingerprint density at radius 2 is 1.06 bits per heavy atom. The van der Waals surface area contributed by atoms with Crippen LogP contribution in [-0.4, -0.2) is 4.57 Å². The third kappa shape index (κ3) is 4.37. The van der Waals surface area contributed by atoms with Crippen molar-refractivity contribution in [3.8, 4) is 16.8 Å². The van der Waals surface area contributed by atoms with Gasteiger partial charge in [-0.3, -0.25) is 0 Å². The molecule has 10 rings (SSSR count). The van der Waals surface area contributed by atoms with Crippen molar-refractivity contribution in [2.75, 3.05) is 4.90 Å². The van der Waals surface area contributed by atoms with E-state index in [4.69, 9.17) is 4.42 Å². The molecule has 10 aromatic rings. The Morgan fingerprint density at radius 3 is 1.90 bits per heavy atom. The Bertz CT molecular complexity index is 2810. The first-order valence-electron chi connectivity index (χ1n) is 16.7. The van der Waals surface area contributed by atoms with Crippen LogP contribution in [0.5, 0.6) is 0 Å². The zero-order valence-corrected chi connectivity index (χ0v) is 26.6. The standard InChI is InChI=1S/C46H30N2O/c1-3-12-34(13-4-1)47(41-19-11-20-42-46(41)37-16-7-9-18-40(37)48(42)35-14-5-2-6-15-35)36-27-24-31(25-28-36)33-23-22-32-26-29-44-45(39(32)30-33)38-17-8-10-21-43(38)49-44/h1-30H. The summed E-state index contributed by atoms with van der Waals surface area (Å²) < 4.78 is 8.58. The number of hydrogen-bond donors (Lipinski definition) is 0. The van der Waals surface area contributed by atoms with Crippen molar-refractivity contribution in [3.63, 3.8) is 0 Å². The third-order valence-electron chi connectivity index (χ3n) is 9.76. The number of furan rings is 1. The summed E-state index contributed by atoms with van der Waals surface area (Å²) in [4.78, 5) is 2.38. The van der Waals surface area contributed by atoms with Crippen LogP contribution in [-0.2, 0) is 0 Å². The van der Waals surface area contributed by atoms with Gasteiger partial charge in [-0.2, -0.15) is 0 Å². The summed E-state index contributed by atoms with van der Waals surface area (Å²) in [7, 11) is 0. The van der Waals surface area contributed by atoms with Gasteiger partial charge in [-0.1, -0.05) is 109 Å². The summed E-state index contributed by atoms with van der Waals surface area (Å²) >= 11 is 0. The van der Waals surface area contributed by atoms with Crippen LogP contribution in [0.2, 0.25) is 0 Å². The molecule has 0 aliphatic rings. The van der Waals surface area contributed by atoms with Gasteiger partial charge >= 0.3 is 0 Å². The zero-order valence-electron chi connectivity index (χ0n) is 26.6. The van der Waals surface area contributed by atoms with Crippen molar-refractivity contribution >= 4 is 71.6 Å². The summed E-state index contributed by atoms with van der Waals surface area (Å²) in [5.74, 6) is 0. The maximum atomic E-state index is 6.21. The zero-order chi connectivity index (χ0) is 32.3. The number of aromatic nitrogens is 1. The van der Waals surface area contributed by atoms with E-state index < -0.39 is 0 Å². The molecule has 0 fully saturated rings. The lowest BCUT2D eigenvalue weighted by atomic mass is 9.98. The van der Waals surface area contributed by atoms with E-state index in [9.17, 15) is 0 Å². The fourth-order valence-electron chi connectivity index (χ4n) is 7.57. The van der Waals surface area contributed by atoms with Crippen molar-refractivity contribution < 1.29 is 4.42 Å². The summed E-state index contributed by atoms with van der Waals surface area (Å²) in [5, 5.41) is 7.18. The highest BCUT2D eigenvalue weighted by Crippen LogP contribution is 2.44. The molecule has 8 aromatic carbocycles. The highest BCUT2D eigenvalue weighted by Gasteiger charge is 2.21. The van der Waals surface area contributed by atoms with Crippen molar-refractivity contribution in [3.05, 3.63) is 182 Å². The first-order chi connectivity index (χ1) is 24.3. The monoisotopic (exact) mass is 626 g/mol. The second-order valence-corrected chi connectivity index (χ2v) is 12.6. The molecule has 0 spiro atoms. The summed E-state index contributed by atoms with van der Waals surface area (Å²) in [5.41, 5.74) is 11.1. The minimum absolute atomic E-state index is 0.919. The Balaban J connectivity index is 1.14. The minimum atomic E-state index is 0.919. The van der Waals surface area contributed by atoms with Crippen LogP contribution < -0.4 is 4.90 Å². The van der Waals surface area contributed by atoms with Crippen molar-refractivity contribution in [1.29, 1.82) is 0 Å². The van der Waals surface area contributed by atoms with E-state index >= 15 is 0 Å². The molecule has 0 saturated heterocycles. The van der Waals surface area contributed by atoms with E-state index in [-0.39, 0.29) is 0 Å². The maximum Gasteiger partial charge on any atom is 0.136 e. The smallest absolute Gasteiger partial charge is 0.136 e. The lowest BCUT2D eigenvalue weighted by Crippen LogP contribution is -2.10. The molecule has 0 aliphatic carbocycles. The average Bonchev–Trinajstić information content (AvgIpc) is 3.72. The quantitative estimate of drug-likeness (QED) is 0.190. The topological polar surface area (TPSA) is 21.3 Å². The van der Waals surface area contributed by atoms with Crippen molar-refractivity contribution in [2.24, 2.45) is 0 Å². The second kappa shape index (κ2) is 11.0. The van der Waals surface area contributed by atoms with Gasteiger partial charge in [0.25, 0.3) is 0 Å². The minimum Gasteiger partial charge on any atom is -0.456 e. The number of fused-ring (bicyclic) bond motifs is 8. The molecular weight excluding hydrogens is 597 g/mol. The van der Waals surface area contributed by atoms with Crippen molar-refractivity contribution in [1.82, 2.24) is 4.57 Å². The second-order valence-electron chi connectivity index (χ2n) is 12.6. The molecule has 2 aromatic heterocycles. The van der Waals surface area contributed by atoms with Gasteiger partial charge in [-0.05, 0) is 94.7 Å². The van der Waals surface area contributed by atoms with E-state index in [2.05, 4.69) is 179 Å². The molecule has 3 heteroatoms. The molecule has 0 N–H and O–H groups in total. The van der Waals surface area contributed by atoms with Crippen molar-refractivity contribution in [2.45, 2.75) is 0 Å². The molecule has 0 bridgehead atoms. The third-order valence-corrected chi connectivity index (χ3v) is 9.76. The van der Waals surface area contributed by atoms with Gasteiger partial charge in [0.15, 0.2) is 0 Å². The van der Waals surface area contributed by atoms with Crippen LogP contribution in [0, 0.1) is 0 Å². The first kappa shape index (κ1) is 27.5. The van der Waals surface area contributed by atoms with Crippen LogP contribution in [0.3, 0.4) is 0 Å². The van der Waals surface area contributed by atoms with Gasteiger partial charge < -0.3 is 13.9 Å². The molecule has 0 radical (unpaired) electrons. The molecular formula is C46H30N2O. The number of nitrogens with zero attached hydrogens (tertiary/aromatic N) is 2. The summed E-state index contributed by atoms with van der Waals surface area (Å²) in [6.07, 6.45) is 0. The van der Waals surface area contributed by atoms with E-state index in [1.807, 2.05) is 12.1 Å². The van der Waals surface area contributed by atoms with E-state index in [0.717, 1.165) is 39.3 Å². The lowest BCUT2D eigenvalue weighted by Gasteiger charge is -2.26. The molecule has 49 heavy (non-hydrogen) atoms. The van der Waals surface area contributed by atoms with Crippen LogP contribution in [0.25, 0.3) is 71.3 Å². The Morgan fingerprint density at radius 1 is 0.408 bits per heavy atom. The molecule has 3 nitrogen and oxygen atoms in total. The molecule has 2 heterocycles. The molecule has 0 saturated carbocycles. The number of hydrogen-bond acceptors (Lipinski definition) is 2.